The van der Waals surface area contributed by atoms with E-state index in [9.17, 15) is 8.42 Å². The molecule has 9 nitrogen and oxygen atoms in total. The molecule has 156 valence electrons. The Labute approximate surface area is 187 Å². The maximum atomic E-state index is 11.6. The van der Waals surface area contributed by atoms with Gasteiger partial charge in [0.05, 0.1) is 12.3 Å². The number of halogens is 1. The molecule has 0 spiro atoms. The number of sulfonamides is 1. The zero-order valence-corrected chi connectivity index (χ0v) is 19.3. The largest absolute Gasteiger partial charge is 0.352 e. The van der Waals surface area contributed by atoms with Gasteiger partial charge in [0.1, 0.15) is 0 Å². The third-order valence-corrected chi connectivity index (χ3v) is 5.51. The monoisotopic (exact) mass is 529 g/mol. The van der Waals surface area contributed by atoms with Gasteiger partial charge < -0.3 is 10.6 Å². The van der Waals surface area contributed by atoms with Gasteiger partial charge in [-0.3, -0.25) is 9.39 Å². The Morgan fingerprint density at radius 1 is 1.03 bits per heavy atom. The molecule has 2 aromatic heterocycles. The van der Waals surface area contributed by atoms with E-state index in [4.69, 9.17) is 0 Å². The van der Waals surface area contributed by atoms with Crippen LogP contribution < -0.4 is 15.4 Å². The van der Waals surface area contributed by atoms with Crippen LogP contribution in [0.25, 0.3) is 5.65 Å². The fourth-order valence-corrected chi connectivity index (χ4v) is 3.40. The number of aromatic nitrogens is 3. The topological polar surface area (TPSA) is 113 Å². The average molecular weight is 529 g/mol. The van der Waals surface area contributed by atoms with E-state index < -0.39 is 10.0 Å². The second-order valence-electron chi connectivity index (χ2n) is 6.10. The minimum atomic E-state index is -3.27. The third-order valence-electron chi connectivity index (χ3n) is 4.17. The van der Waals surface area contributed by atoms with E-state index in [1.165, 1.54) is 7.05 Å². The lowest BCUT2D eigenvalue weighted by atomic mass is 10.1. The van der Waals surface area contributed by atoms with E-state index in [1.807, 2.05) is 53.1 Å². The smallest absolute Gasteiger partial charge is 0.215 e. The van der Waals surface area contributed by atoms with Crippen molar-refractivity contribution < 1.29 is 8.42 Å². The van der Waals surface area contributed by atoms with Crippen molar-refractivity contribution in [2.24, 2.45) is 4.99 Å². The van der Waals surface area contributed by atoms with Crippen LogP contribution in [0.5, 0.6) is 0 Å². The maximum Gasteiger partial charge on any atom is 0.215 e. The molecule has 0 unspecified atom stereocenters. The Morgan fingerprint density at radius 2 is 1.72 bits per heavy atom. The summed E-state index contributed by atoms with van der Waals surface area (Å²) in [5.41, 5.74) is 2.54. The predicted molar refractivity (Wildman–Crippen MR) is 124 cm³/mol. The summed E-state index contributed by atoms with van der Waals surface area (Å²) in [5, 5.41) is 14.7. The van der Waals surface area contributed by atoms with Gasteiger partial charge in [-0.2, -0.15) is 0 Å². The van der Waals surface area contributed by atoms with Gasteiger partial charge in [-0.15, -0.1) is 34.2 Å². The molecule has 0 bridgehead atoms. The van der Waals surface area contributed by atoms with Gasteiger partial charge in [-0.1, -0.05) is 30.3 Å². The Balaban J connectivity index is 0.00000300. The number of rotatable bonds is 7. The molecular weight excluding hydrogens is 505 g/mol. The van der Waals surface area contributed by atoms with Crippen LogP contribution in [0.1, 0.15) is 17.0 Å². The lowest BCUT2D eigenvalue weighted by molar-refractivity contribution is 0.587. The minimum absolute atomic E-state index is 0. The molecule has 0 fully saturated rings. The van der Waals surface area contributed by atoms with Crippen LogP contribution in [0.15, 0.2) is 53.7 Å². The third kappa shape index (κ3) is 6.37. The van der Waals surface area contributed by atoms with Gasteiger partial charge in [-0.05, 0) is 30.3 Å². The molecule has 3 rings (SSSR count). The zero-order chi connectivity index (χ0) is 20.0. The Bertz CT molecular complexity index is 1070. The van der Waals surface area contributed by atoms with E-state index in [2.05, 4.69) is 30.5 Å². The predicted octanol–water partition coefficient (Wildman–Crippen LogP) is 1.26. The summed E-state index contributed by atoms with van der Waals surface area (Å²) >= 11 is 0. The van der Waals surface area contributed by atoms with E-state index >= 15 is 0 Å². The number of fused-ring (bicyclic) bond motifs is 1. The summed E-state index contributed by atoms with van der Waals surface area (Å²) in [4.78, 5) is 4.21. The first-order valence-electron chi connectivity index (χ1n) is 8.73. The van der Waals surface area contributed by atoms with Crippen LogP contribution >= 0.6 is 24.0 Å². The van der Waals surface area contributed by atoms with Crippen molar-refractivity contribution in [3.63, 3.8) is 0 Å². The van der Waals surface area contributed by atoms with Crippen LogP contribution in [-0.2, 0) is 28.9 Å². The maximum absolute atomic E-state index is 11.6. The summed E-state index contributed by atoms with van der Waals surface area (Å²) in [7, 11) is -0.159. The molecule has 0 radical (unpaired) electrons. The molecule has 0 atom stereocenters. The van der Waals surface area contributed by atoms with Crippen LogP contribution in [0.4, 0.5) is 0 Å². The van der Waals surface area contributed by atoms with Crippen molar-refractivity contribution >= 4 is 45.6 Å². The SMILES string of the molecule is CN=C(NCc1ccc(CS(=O)(=O)NC)cc1)NCc1nnc2ccccn12.I. The Morgan fingerprint density at radius 3 is 2.41 bits per heavy atom. The summed E-state index contributed by atoms with van der Waals surface area (Å²) in [5.74, 6) is 1.38. The highest BCUT2D eigenvalue weighted by Gasteiger charge is 2.09. The molecule has 3 N–H and O–H groups in total. The molecule has 0 saturated heterocycles. The molecule has 2 heterocycles. The van der Waals surface area contributed by atoms with Crippen LogP contribution in [0.3, 0.4) is 0 Å². The highest BCUT2D eigenvalue weighted by atomic mass is 127. The van der Waals surface area contributed by atoms with Crippen LogP contribution in [-0.4, -0.2) is 43.1 Å². The average Bonchev–Trinajstić information content (AvgIpc) is 3.12. The van der Waals surface area contributed by atoms with Crippen LogP contribution in [0.2, 0.25) is 0 Å². The van der Waals surface area contributed by atoms with Gasteiger partial charge in [-0.25, -0.2) is 13.1 Å². The molecular formula is C18H24IN7O2S. The number of hydrogen-bond acceptors (Lipinski definition) is 5. The van der Waals surface area contributed by atoms with Gasteiger partial charge in [0.15, 0.2) is 17.4 Å². The van der Waals surface area contributed by atoms with E-state index in [-0.39, 0.29) is 29.7 Å². The first-order valence-corrected chi connectivity index (χ1v) is 10.4. The molecule has 0 saturated carbocycles. The van der Waals surface area contributed by atoms with Crippen LogP contribution in [0, 0.1) is 0 Å². The molecule has 0 aliphatic rings. The fraction of sp³-hybridized carbons (Fsp3) is 0.278. The molecule has 1 aromatic carbocycles. The fourth-order valence-electron chi connectivity index (χ4n) is 2.63. The van der Waals surface area contributed by atoms with Gasteiger partial charge >= 0.3 is 0 Å². The number of pyridine rings is 1. The summed E-state index contributed by atoms with van der Waals surface area (Å²) in [6.45, 7) is 1.03. The number of benzene rings is 1. The molecule has 11 heteroatoms. The van der Waals surface area contributed by atoms with E-state index in [0.29, 0.717) is 19.0 Å². The number of nitrogens with zero attached hydrogens (tertiary/aromatic N) is 4. The Hall–Kier alpha value is -2.25. The van der Waals surface area contributed by atoms with Crippen molar-refractivity contribution in [1.82, 2.24) is 30.0 Å². The van der Waals surface area contributed by atoms with Crippen molar-refractivity contribution in [1.29, 1.82) is 0 Å². The highest BCUT2D eigenvalue weighted by molar-refractivity contribution is 14.0. The van der Waals surface area contributed by atoms with Gasteiger partial charge in [0.2, 0.25) is 10.0 Å². The second kappa shape index (κ2) is 10.5. The minimum Gasteiger partial charge on any atom is -0.352 e. The van der Waals surface area contributed by atoms with Crippen molar-refractivity contribution in [2.45, 2.75) is 18.8 Å². The normalized spacial score (nSPS) is 11.9. The molecule has 3 aromatic rings. The summed E-state index contributed by atoms with van der Waals surface area (Å²) < 4.78 is 27.4. The number of hydrogen-bond donors (Lipinski definition) is 3. The second-order valence-corrected chi connectivity index (χ2v) is 8.03. The summed E-state index contributed by atoms with van der Waals surface area (Å²) in [6.07, 6.45) is 1.92. The molecule has 0 amide bonds. The number of aliphatic imine (C=N–C) groups is 1. The van der Waals surface area contributed by atoms with Gasteiger partial charge in [0.25, 0.3) is 0 Å². The standard InChI is InChI=1S/C18H23N7O2S.HI/c1-19-18(22-12-17-24-23-16-5-3-4-10-25(16)17)21-11-14-6-8-15(9-7-14)13-28(26,27)20-2;/h3-10,20H,11-13H2,1-2H3,(H2,19,21,22);1H. The molecule has 0 aliphatic carbocycles. The number of guanidine groups is 1. The zero-order valence-electron chi connectivity index (χ0n) is 16.2. The van der Waals surface area contributed by atoms with Gasteiger partial charge in [0, 0.05) is 19.8 Å². The highest BCUT2D eigenvalue weighted by Crippen LogP contribution is 2.08. The first-order chi connectivity index (χ1) is 13.5. The lowest BCUT2D eigenvalue weighted by Crippen LogP contribution is -2.36. The van der Waals surface area contributed by atoms with Crippen molar-refractivity contribution in [3.05, 3.63) is 65.6 Å². The number of nitrogens with one attached hydrogen (secondary N) is 3. The van der Waals surface area contributed by atoms with Crippen molar-refractivity contribution in [2.75, 3.05) is 14.1 Å². The van der Waals surface area contributed by atoms with E-state index in [0.717, 1.165) is 22.6 Å². The van der Waals surface area contributed by atoms with Crippen molar-refractivity contribution in [3.8, 4) is 0 Å². The molecule has 29 heavy (non-hydrogen) atoms. The quantitative estimate of drug-likeness (QED) is 0.242. The molecule has 0 aliphatic heterocycles. The van der Waals surface area contributed by atoms with E-state index in [1.54, 1.807) is 7.05 Å². The Kier molecular flexibility index (Phi) is 8.34. The lowest BCUT2D eigenvalue weighted by Gasteiger charge is -2.12. The summed E-state index contributed by atoms with van der Waals surface area (Å²) in [6, 6.07) is 13.2. The first kappa shape index (κ1) is 23.0.